The maximum Gasteiger partial charge on any atom is 0.270 e. The maximum absolute atomic E-state index is 14.6. The predicted octanol–water partition coefficient (Wildman–Crippen LogP) is 4.45. The fourth-order valence-corrected chi connectivity index (χ4v) is 5.57. The molecule has 2 saturated heterocycles. The molecule has 5 rings (SSSR count). The fourth-order valence-electron chi connectivity index (χ4n) is 5.35. The molecular formula is C27H32ClFN4O3. The largest absolute Gasteiger partial charge is 0.460 e. The molecule has 3 aromatic rings. The highest BCUT2D eigenvalue weighted by molar-refractivity contribution is 6.31. The number of benzene rings is 1. The molecule has 1 aromatic carbocycles. The number of fused-ring (bicyclic) bond motifs is 1. The first-order valence-corrected chi connectivity index (χ1v) is 13.1. The van der Waals surface area contributed by atoms with Crippen LogP contribution in [-0.4, -0.2) is 65.4 Å². The first-order valence-electron chi connectivity index (χ1n) is 12.7. The van der Waals surface area contributed by atoms with Crippen molar-refractivity contribution >= 4 is 34.5 Å². The lowest BCUT2D eigenvalue weighted by molar-refractivity contribution is -0.126. The van der Waals surface area contributed by atoms with E-state index in [2.05, 4.69) is 10.2 Å². The van der Waals surface area contributed by atoms with Crippen molar-refractivity contribution in [1.29, 1.82) is 0 Å². The molecule has 7 nitrogen and oxygen atoms in total. The van der Waals surface area contributed by atoms with Gasteiger partial charge in [-0.1, -0.05) is 17.7 Å². The molecule has 0 atom stereocenters. The first-order chi connectivity index (χ1) is 17.4. The summed E-state index contributed by atoms with van der Waals surface area (Å²) in [5, 5.41) is 3.39. The van der Waals surface area contributed by atoms with E-state index >= 15 is 0 Å². The number of nitrogens with zero attached hydrogens (tertiary/aromatic N) is 3. The van der Waals surface area contributed by atoms with Gasteiger partial charge in [-0.15, -0.1) is 0 Å². The van der Waals surface area contributed by atoms with Gasteiger partial charge in [-0.3, -0.25) is 9.59 Å². The Morgan fingerprint density at radius 1 is 1.14 bits per heavy atom. The Kier molecular flexibility index (Phi) is 7.34. The van der Waals surface area contributed by atoms with Gasteiger partial charge in [0.2, 0.25) is 5.91 Å². The molecule has 192 valence electrons. The van der Waals surface area contributed by atoms with E-state index in [-0.39, 0.29) is 24.3 Å². The Hall–Kier alpha value is -2.84. The molecule has 0 radical (unpaired) electrons. The number of carbonyl (C=O) groups is 2. The molecule has 0 spiro atoms. The van der Waals surface area contributed by atoms with Crippen molar-refractivity contribution < 1.29 is 18.4 Å². The second-order valence-electron chi connectivity index (χ2n) is 9.83. The number of amides is 2. The van der Waals surface area contributed by atoms with Gasteiger partial charge in [0.15, 0.2) is 5.58 Å². The molecule has 0 bridgehead atoms. The number of hydrogen-bond acceptors (Lipinski definition) is 4. The molecule has 2 fully saturated rings. The molecule has 1 N–H and O–H groups in total. The SMILES string of the molecule is Cc1cc2c(cc(C(=O)N3CCC(C(=O)NCCN4CCCC4)CC3)n2Cc2c(F)cccc2Cl)o1. The quantitative estimate of drug-likeness (QED) is 0.506. The summed E-state index contributed by atoms with van der Waals surface area (Å²) in [6, 6.07) is 8.14. The third kappa shape index (κ3) is 5.15. The molecular weight excluding hydrogens is 483 g/mol. The Labute approximate surface area is 215 Å². The van der Waals surface area contributed by atoms with Crippen LogP contribution in [-0.2, 0) is 11.3 Å². The van der Waals surface area contributed by atoms with Crippen molar-refractivity contribution in [1.82, 2.24) is 19.7 Å². The van der Waals surface area contributed by atoms with Crippen molar-refractivity contribution in [2.75, 3.05) is 39.3 Å². The van der Waals surface area contributed by atoms with Gasteiger partial charge in [0.1, 0.15) is 17.3 Å². The van der Waals surface area contributed by atoms with Gasteiger partial charge in [0.05, 0.1) is 12.1 Å². The fraction of sp³-hybridized carbons (Fsp3) is 0.481. The van der Waals surface area contributed by atoms with Crippen LogP contribution in [0.5, 0.6) is 0 Å². The van der Waals surface area contributed by atoms with Gasteiger partial charge in [0.25, 0.3) is 5.91 Å². The molecule has 0 unspecified atom stereocenters. The van der Waals surface area contributed by atoms with E-state index in [9.17, 15) is 14.0 Å². The number of rotatable bonds is 7. The van der Waals surface area contributed by atoms with Crippen LogP contribution in [0, 0.1) is 18.7 Å². The van der Waals surface area contributed by atoms with E-state index in [1.807, 2.05) is 13.0 Å². The highest BCUT2D eigenvalue weighted by Crippen LogP contribution is 2.29. The topological polar surface area (TPSA) is 70.7 Å². The monoisotopic (exact) mass is 514 g/mol. The number of likely N-dealkylation sites (tertiary alicyclic amines) is 2. The van der Waals surface area contributed by atoms with E-state index in [1.54, 1.807) is 27.7 Å². The third-order valence-electron chi connectivity index (χ3n) is 7.39. The van der Waals surface area contributed by atoms with E-state index < -0.39 is 5.82 Å². The summed E-state index contributed by atoms with van der Waals surface area (Å²) >= 11 is 6.29. The summed E-state index contributed by atoms with van der Waals surface area (Å²) < 4.78 is 22.1. The van der Waals surface area contributed by atoms with Crippen LogP contribution < -0.4 is 5.32 Å². The smallest absolute Gasteiger partial charge is 0.270 e. The lowest BCUT2D eigenvalue weighted by Crippen LogP contribution is -2.44. The number of aromatic nitrogens is 1. The molecule has 9 heteroatoms. The highest BCUT2D eigenvalue weighted by atomic mass is 35.5. The lowest BCUT2D eigenvalue weighted by atomic mass is 9.95. The van der Waals surface area contributed by atoms with Crippen molar-refractivity contribution in [2.24, 2.45) is 5.92 Å². The van der Waals surface area contributed by atoms with Gasteiger partial charge >= 0.3 is 0 Å². The van der Waals surface area contributed by atoms with Crippen molar-refractivity contribution in [3.05, 3.63) is 58.2 Å². The van der Waals surface area contributed by atoms with Crippen LogP contribution in [0.2, 0.25) is 5.02 Å². The van der Waals surface area contributed by atoms with Gasteiger partial charge in [-0.05, 0) is 57.8 Å². The normalized spacial score (nSPS) is 17.2. The average Bonchev–Trinajstić information content (AvgIpc) is 3.58. The molecule has 2 aliphatic rings. The molecule has 0 saturated carbocycles. The first kappa shape index (κ1) is 24.8. The Morgan fingerprint density at radius 3 is 2.61 bits per heavy atom. The number of hydrogen-bond donors (Lipinski definition) is 1. The Balaban J connectivity index is 1.26. The minimum absolute atomic E-state index is 0.0758. The number of aryl methyl sites for hydroxylation is 1. The van der Waals surface area contributed by atoms with Crippen molar-refractivity contribution in [2.45, 2.75) is 39.2 Å². The van der Waals surface area contributed by atoms with Gasteiger partial charge in [-0.2, -0.15) is 0 Å². The number of carbonyl (C=O) groups excluding carboxylic acids is 2. The number of furan rings is 1. The van der Waals surface area contributed by atoms with Crippen LogP contribution in [0.1, 0.15) is 47.5 Å². The van der Waals surface area contributed by atoms with E-state index in [4.69, 9.17) is 16.0 Å². The van der Waals surface area contributed by atoms with Crippen molar-refractivity contribution in [3.63, 3.8) is 0 Å². The summed E-state index contributed by atoms with van der Waals surface area (Å²) in [7, 11) is 0. The zero-order valence-electron chi connectivity index (χ0n) is 20.6. The second kappa shape index (κ2) is 10.6. The van der Waals surface area contributed by atoms with E-state index in [0.29, 0.717) is 60.1 Å². The summed E-state index contributed by atoms with van der Waals surface area (Å²) in [6.45, 7) is 6.74. The summed E-state index contributed by atoms with van der Waals surface area (Å²) in [4.78, 5) is 30.4. The number of piperidine rings is 1. The third-order valence-corrected chi connectivity index (χ3v) is 7.74. The van der Waals surface area contributed by atoms with Crippen molar-refractivity contribution in [3.8, 4) is 0 Å². The van der Waals surface area contributed by atoms with Gasteiger partial charge in [0, 0.05) is 54.8 Å². The number of halogens is 2. The maximum atomic E-state index is 14.6. The number of nitrogens with one attached hydrogen (secondary N) is 1. The summed E-state index contributed by atoms with van der Waals surface area (Å²) in [5.41, 5.74) is 2.06. The molecule has 2 aliphatic heterocycles. The Bertz CT molecular complexity index is 1240. The standard InChI is InChI=1S/C27H32ClFN4O3/c1-18-15-23-25(36-18)16-24(33(23)17-20-21(28)5-4-6-22(20)29)27(35)32-12-7-19(8-13-32)26(34)30-9-14-31-10-2-3-11-31/h4-6,15-16,19H,2-3,7-14,17H2,1H3,(H,30,34). The van der Waals surface area contributed by atoms with E-state index in [1.165, 1.54) is 18.9 Å². The predicted molar refractivity (Wildman–Crippen MR) is 137 cm³/mol. The summed E-state index contributed by atoms with van der Waals surface area (Å²) in [5.74, 6) is 0.130. The zero-order chi connectivity index (χ0) is 25.2. The average molecular weight is 515 g/mol. The zero-order valence-corrected chi connectivity index (χ0v) is 21.3. The molecule has 0 aliphatic carbocycles. The molecule has 2 aromatic heterocycles. The van der Waals surface area contributed by atoms with Crippen LogP contribution in [0.25, 0.3) is 11.1 Å². The van der Waals surface area contributed by atoms with Gasteiger partial charge < -0.3 is 24.1 Å². The van der Waals surface area contributed by atoms with Gasteiger partial charge in [-0.25, -0.2) is 4.39 Å². The van der Waals surface area contributed by atoms with Crippen LogP contribution >= 0.6 is 11.6 Å². The van der Waals surface area contributed by atoms with Crippen LogP contribution in [0.4, 0.5) is 4.39 Å². The second-order valence-corrected chi connectivity index (χ2v) is 10.2. The molecule has 4 heterocycles. The van der Waals surface area contributed by atoms with Crippen LogP contribution in [0.15, 0.2) is 34.7 Å². The minimum Gasteiger partial charge on any atom is -0.460 e. The van der Waals surface area contributed by atoms with Crippen LogP contribution in [0.3, 0.4) is 0 Å². The molecule has 2 amide bonds. The molecule has 36 heavy (non-hydrogen) atoms. The Morgan fingerprint density at radius 2 is 1.89 bits per heavy atom. The lowest BCUT2D eigenvalue weighted by Gasteiger charge is -2.31. The minimum atomic E-state index is -0.417. The highest BCUT2D eigenvalue weighted by Gasteiger charge is 2.30. The summed E-state index contributed by atoms with van der Waals surface area (Å²) in [6.07, 6.45) is 3.72. The van der Waals surface area contributed by atoms with E-state index in [0.717, 1.165) is 25.2 Å².